The molecule has 0 fully saturated rings. The van der Waals surface area contributed by atoms with E-state index in [1.807, 2.05) is 0 Å². The molecule has 0 saturated heterocycles. The molecule has 0 radical (unpaired) electrons. The van der Waals surface area contributed by atoms with Gasteiger partial charge in [-0.25, -0.2) is 0 Å². The van der Waals surface area contributed by atoms with Gasteiger partial charge in [0, 0.05) is 6.61 Å². The summed E-state index contributed by atoms with van der Waals surface area (Å²) in [7, 11) is 0. The Bertz CT molecular complexity index is 142. The van der Waals surface area contributed by atoms with Gasteiger partial charge >= 0.3 is 0 Å². The Morgan fingerprint density at radius 1 is 1.58 bits per heavy atom. The van der Waals surface area contributed by atoms with Gasteiger partial charge in [0.2, 0.25) is 0 Å². The molecule has 0 spiro atoms. The molecular weight excluding hydrogens is 152 g/mol. The summed E-state index contributed by atoms with van der Waals surface area (Å²) in [5.74, 6) is 0.383. The van der Waals surface area contributed by atoms with Gasteiger partial charge < -0.3 is 10.4 Å². The van der Waals surface area contributed by atoms with E-state index in [-0.39, 0.29) is 12.6 Å². The summed E-state index contributed by atoms with van der Waals surface area (Å²) >= 11 is 0. The van der Waals surface area contributed by atoms with Crippen molar-refractivity contribution in [3.8, 4) is 6.07 Å². The first kappa shape index (κ1) is 11.4. The van der Waals surface area contributed by atoms with Crippen molar-refractivity contribution in [3.63, 3.8) is 0 Å². The molecule has 3 nitrogen and oxygen atoms in total. The number of aliphatic hydroxyl groups excluding tert-OH is 1. The van der Waals surface area contributed by atoms with E-state index in [1.54, 1.807) is 0 Å². The molecule has 0 bridgehead atoms. The third kappa shape index (κ3) is 4.32. The Morgan fingerprint density at radius 2 is 2.25 bits per heavy atom. The lowest BCUT2D eigenvalue weighted by atomic mass is 10.0. The Morgan fingerprint density at radius 3 is 2.67 bits per heavy atom. The number of aliphatic hydroxyl groups is 1. The molecule has 3 heteroatoms. The van der Waals surface area contributed by atoms with Crippen LogP contribution in [0, 0.1) is 17.2 Å². The first-order valence-electron chi connectivity index (χ1n) is 4.50. The molecule has 0 saturated carbocycles. The average Bonchev–Trinajstić information content (AvgIpc) is 2.11. The minimum Gasteiger partial charge on any atom is -0.396 e. The Labute approximate surface area is 74.4 Å². The maximum atomic E-state index is 8.75. The maximum absolute atomic E-state index is 8.75. The summed E-state index contributed by atoms with van der Waals surface area (Å²) in [5, 5.41) is 20.4. The number of hydrogen-bond acceptors (Lipinski definition) is 3. The fourth-order valence-corrected chi connectivity index (χ4v) is 0.946. The summed E-state index contributed by atoms with van der Waals surface area (Å²) < 4.78 is 0. The van der Waals surface area contributed by atoms with Crippen molar-refractivity contribution in [1.82, 2.24) is 5.32 Å². The largest absolute Gasteiger partial charge is 0.396 e. The van der Waals surface area contributed by atoms with Crippen molar-refractivity contribution in [2.24, 2.45) is 5.92 Å². The van der Waals surface area contributed by atoms with Crippen LogP contribution < -0.4 is 5.32 Å². The molecule has 0 aromatic heterocycles. The highest BCUT2D eigenvalue weighted by Crippen LogP contribution is 2.05. The Hall–Kier alpha value is -0.590. The predicted octanol–water partition coefficient (Wildman–Crippen LogP) is 0.897. The maximum Gasteiger partial charge on any atom is 0.0978 e. The van der Waals surface area contributed by atoms with E-state index in [4.69, 9.17) is 10.4 Å². The number of rotatable bonds is 6. The Balaban J connectivity index is 3.62. The first-order chi connectivity index (χ1) is 5.76. The van der Waals surface area contributed by atoms with Crippen LogP contribution in [0.3, 0.4) is 0 Å². The molecule has 2 unspecified atom stereocenters. The minimum atomic E-state index is -0.0680. The van der Waals surface area contributed by atoms with Crippen LogP contribution in [0.5, 0.6) is 0 Å². The summed E-state index contributed by atoms with van der Waals surface area (Å²) in [6, 6.07) is 2.15. The van der Waals surface area contributed by atoms with E-state index in [1.165, 1.54) is 0 Å². The quantitative estimate of drug-likeness (QED) is 0.582. The van der Waals surface area contributed by atoms with Crippen molar-refractivity contribution < 1.29 is 5.11 Å². The second-order valence-corrected chi connectivity index (χ2v) is 3.02. The van der Waals surface area contributed by atoms with Crippen molar-refractivity contribution >= 4 is 0 Å². The number of nitrogens with one attached hydrogen (secondary N) is 1. The van der Waals surface area contributed by atoms with Gasteiger partial charge in [-0.15, -0.1) is 0 Å². The highest BCUT2D eigenvalue weighted by molar-refractivity contribution is 4.92. The van der Waals surface area contributed by atoms with Gasteiger partial charge in [0.05, 0.1) is 12.1 Å². The zero-order valence-electron chi connectivity index (χ0n) is 7.88. The molecule has 0 aliphatic rings. The van der Waals surface area contributed by atoms with Crippen LogP contribution in [-0.2, 0) is 0 Å². The molecule has 0 rings (SSSR count). The monoisotopic (exact) mass is 170 g/mol. The topological polar surface area (TPSA) is 56.0 Å². The number of nitriles is 1. The van der Waals surface area contributed by atoms with Gasteiger partial charge in [-0.3, -0.25) is 0 Å². The lowest BCUT2D eigenvalue weighted by Gasteiger charge is -2.16. The molecule has 2 N–H and O–H groups in total. The highest BCUT2D eigenvalue weighted by atomic mass is 16.3. The van der Waals surface area contributed by atoms with Crippen LogP contribution in [0.15, 0.2) is 0 Å². The van der Waals surface area contributed by atoms with Crippen LogP contribution in [0.4, 0.5) is 0 Å². The highest BCUT2D eigenvalue weighted by Gasteiger charge is 2.12. The van der Waals surface area contributed by atoms with E-state index in [9.17, 15) is 0 Å². The van der Waals surface area contributed by atoms with Gasteiger partial charge in [-0.05, 0) is 18.9 Å². The normalized spacial score (nSPS) is 15.2. The smallest absolute Gasteiger partial charge is 0.0978 e. The zero-order chi connectivity index (χ0) is 9.40. The summed E-state index contributed by atoms with van der Waals surface area (Å²) in [6.07, 6.45) is 1.72. The lowest BCUT2D eigenvalue weighted by Crippen LogP contribution is -2.34. The van der Waals surface area contributed by atoms with Crippen molar-refractivity contribution in [1.29, 1.82) is 5.26 Å². The predicted molar refractivity (Wildman–Crippen MR) is 48.6 cm³/mol. The summed E-state index contributed by atoms with van der Waals surface area (Å²) in [6.45, 7) is 5.04. The van der Waals surface area contributed by atoms with Gasteiger partial charge in [-0.1, -0.05) is 20.3 Å². The fraction of sp³-hybridized carbons (Fsp3) is 0.889. The molecule has 0 aromatic carbocycles. The summed E-state index contributed by atoms with van der Waals surface area (Å²) in [5.41, 5.74) is 0. The summed E-state index contributed by atoms with van der Waals surface area (Å²) in [4.78, 5) is 0. The van der Waals surface area contributed by atoms with Crippen molar-refractivity contribution in [3.05, 3.63) is 0 Å². The van der Waals surface area contributed by atoms with Gasteiger partial charge in [0.15, 0.2) is 0 Å². The third-order valence-electron chi connectivity index (χ3n) is 2.05. The second-order valence-electron chi connectivity index (χ2n) is 3.02. The number of nitrogens with zero attached hydrogens (tertiary/aromatic N) is 1. The molecule has 0 aromatic rings. The molecule has 2 atom stereocenters. The molecule has 0 amide bonds. The van der Waals surface area contributed by atoms with E-state index in [0.717, 1.165) is 13.0 Å². The molecule has 0 aliphatic heterocycles. The second kappa shape index (κ2) is 7.08. The van der Waals surface area contributed by atoms with Crippen LogP contribution in [0.1, 0.15) is 26.7 Å². The van der Waals surface area contributed by atoms with Gasteiger partial charge in [-0.2, -0.15) is 5.26 Å². The molecular formula is C9H18N2O. The van der Waals surface area contributed by atoms with Crippen LogP contribution in [0.2, 0.25) is 0 Å². The third-order valence-corrected chi connectivity index (χ3v) is 2.05. The van der Waals surface area contributed by atoms with E-state index < -0.39 is 0 Å². The van der Waals surface area contributed by atoms with Gasteiger partial charge in [0.25, 0.3) is 0 Å². The van der Waals surface area contributed by atoms with E-state index in [0.29, 0.717) is 12.3 Å². The number of hydrogen-bond donors (Lipinski definition) is 2. The standard InChI is InChI=1S/C9H18N2O/c1-3-8(2)9(7-10)11-5-4-6-12/h8-9,11-12H,3-6H2,1-2H3. The molecule has 70 valence electrons. The van der Waals surface area contributed by atoms with Crippen LogP contribution in [0.25, 0.3) is 0 Å². The first-order valence-corrected chi connectivity index (χ1v) is 4.50. The molecule has 0 aliphatic carbocycles. The van der Waals surface area contributed by atoms with E-state index in [2.05, 4.69) is 25.2 Å². The SMILES string of the molecule is CCC(C)C(C#N)NCCCO. The van der Waals surface area contributed by atoms with Crippen LogP contribution in [-0.4, -0.2) is 24.3 Å². The molecule has 12 heavy (non-hydrogen) atoms. The van der Waals surface area contributed by atoms with Crippen molar-refractivity contribution in [2.45, 2.75) is 32.7 Å². The average molecular weight is 170 g/mol. The minimum absolute atomic E-state index is 0.0680. The lowest BCUT2D eigenvalue weighted by molar-refractivity contribution is 0.281. The van der Waals surface area contributed by atoms with E-state index >= 15 is 0 Å². The Kier molecular flexibility index (Phi) is 6.73. The zero-order valence-corrected chi connectivity index (χ0v) is 7.88. The van der Waals surface area contributed by atoms with Crippen LogP contribution >= 0.6 is 0 Å². The van der Waals surface area contributed by atoms with Crippen molar-refractivity contribution in [2.75, 3.05) is 13.2 Å². The molecule has 0 heterocycles. The van der Waals surface area contributed by atoms with Gasteiger partial charge in [0.1, 0.15) is 0 Å². The fourth-order valence-electron chi connectivity index (χ4n) is 0.946.